The zero-order valence-electron chi connectivity index (χ0n) is 35.1. The molecule has 1 aromatic carbocycles. The van der Waals surface area contributed by atoms with Crippen LogP contribution in [0.15, 0.2) is 35.1 Å². The molecule has 0 fully saturated rings. The third kappa shape index (κ3) is 10.3. The van der Waals surface area contributed by atoms with E-state index in [1.807, 2.05) is 0 Å². The van der Waals surface area contributed by atoms with Crippen LogP contribution < -0.4 is 32.1 Å². The second-order valence-electron chi connectivity index (χ2n) is 15.8. The fourth-order valence-corrected chi connectivity index (χ4v) is 7.47. The van der Waals surface area contributed by atoms with Crippen molar-refractivity contribution in [2.45, 2.75) is 97.3 Å². The van der Waals surface area contributed by atoms with Gasteiger partial charge in [0.1, 0.15) is 50.4 Å². The lowest BCUT2D eigenvalue weighted by Gasteiger charge is -2.35. The van der Waals surface area contributed by atoms with Crippen LogP contribution in [0.4, 0.5) is 4.39 Å². The molecule has 2 aromatic heterocycles. The minimum absolute atomic E-state index is 0.0446. The number of hydrogen-bond donors (Lipinski definition) is 6. The summed E-state index contributed by atoms with van der Waals surface area (Å²) >= 11 is 0. The number of aromatic nitrogens is 2. The Morgan fingerprint density at radius 2 is 1.65 bits per heavy atom. The summed E-state index contributed by atoms with van der Waals surface area (Å²) in [5.41, 5.74) is 2.08. The van der Waals surface area contributed by atoms with Crippen LogP contribution in [0.25, 0.3) is 22.3 Å². The number of fused-ring (bicyclic) bond motifs is 5. The number of unbranched alkanes of at least 4 members (excludes halogenated alkanes) is 2. The van der Waals surface area contributed by atoms with E-state index in [-0.39, 0.29) is 55.9 Å². The van der Waals surface area contributed by atoms with Crippen molar-refractivity contribution in [3.63, 3.8) is 0 Å². The number of ether oxygens (including phenoxy) is 2. The number of pyridine rings is 2. The van der Waals surface area contributed by atoms with Crippen molar-refractivity contribution in [3.05, 3.63) is 79.5 Å². The third-order valence-electron chi connectivity index (χ3n) is 11.2. The highest BCUT2D eigenvalue weighted by molar-refractivity contribution is 5.94. The predicted octanol–water partition coefficient (Wildman–Crippen LogP) is 0.155. The quantitative estimate of drug-likeness (QED) is 0.0256. The maximum Gasteiger partial charge on any atom is 0.340 e. The Labute approximate surface area is 359 Å². The summed E-state index contributed by atoms with van der Waals surface area (Å²) < 4.78 is 25.5. The topological polar surface area (TPSA) is 276 Å². The van der Waals surface area contributed by atoms with Crippen molar-refractivity contribution >= 4 is 52.3 Å². The highest BCUT2D eigenvalue weighted by Crippen LogP contribution is 2.38. The van der Waals surface area contributed by atoms with E-state index in [9.17, 15) is 53.1 Å². The lowest BCUT2D eigenvalue weighted by molar-refractivity contribution is -0.792. The molecular weight excluding hydrogens is 828 g/mol. The van der Waals surface area contributed by atoms with Gasteiger partial charge in [-0.2, -0.15) is 0 Å². The first-order valence-corrected chi connectivity index (χ1v) is 20.4. The highest BCUT2D eigenvalue weighted by Gasteiger charge is 2.35. The molecule has 336 valence electrons. The van der Waals surface area contributed by atoms with E-state index in [1.54, 1.807) is 19.1 Å². The molecule has 0 bridgehead atoms. The molecule has 63 heavy (non-hydrogen) atoms. The number of nitrogens with one attached hydrogen (secondary N) is 5. The molecule has 5 heterocycles. The molecule has 3 aliphatic rings. The van der Waals surface area contributed by atoms with E-state index in [2.05, 4.69) is 31.6 Å². The number of halogens is 1. The second-order valence-corrected chi connectivity index (χ2v) is 15.8. The number of aliphatic hydroxyl groups is 1. The molecule has 21 heteroatoms. The normalized spacial score (nSPS) is 18.7. The molecule has 20 nitrogen and oxygen atoms in total. The molecule has 3 aromatic rings. The number of nitrogens with zero attached hydrogens (tertiary/aromatic N) is 3. The smallest absolute Gasteiger partial charge is 0.340 e. The number of amides is 6. The lowest BCUT2D eigenvalue weighted by Crippen LogP contribution is -2.54. The van der Waals surface area contributed by atoms with Gasteiger partial charge in [0.25, 0.3) is 5.56 Å². The van der Waals surface area contributed by atoms with Crippen molar-refractivity contribution in [2.24, 2.45) is 0 Å². The number of carbonyl (C=O) groups excluding carboxylic acids is 7. The van der Waals surface area contributed by atoms with Gasteiger partial charge in [-0.25, -0.2) is 19.0 Å². The minimum atomic E-state index is -1.66. The van der Waals surface area contributed by atoms with Crippen molar-refractivity contribution in [1.82, 2.24) is 36.1 Å². The Morgan fingerprint density at radius 3 is 2.35 bits per heavy atom. The van der Waals surface area contributed by atoms with Gasteiger partial charge in [0.05, 0.1) is 35.6 Å². The number of quaternary nitrogens is 1. The number of hydroxylamine groups is 3. The number of hydrogen-bond acceptors (Lipinski definition) is 13. The maximum atomic E-state index is 14.7. The first-order chi connectivity index (χ1) is 29.9. The first kappa shape index (κ1) is 46.1. The van der Waals surface area contributed by atoms with Gasteiger partial charge < -0.3 is 50.9 Å². The molecule has 6 amide bonds. The highest BCUT2D eigenvalue weighted by atomic mass is 19.1. The van der Waals surface area contributed by atoms with Crippen LogP contribution >= 0.6 is 0 Å². The van der Waals surface area contributed by atoms with E-state index in [0.29, 0.717) is 52.7 Å². The molecule has 3 aliphatic heterocycles. The van der Waals surface area contributed by atoms with Gasteiger partial charge in [-0.15, -0.1) is 0 Å². The van der Waals surface area contributed by atoms with Gasteiger partial charge in [0.15, 0.2) is 6.10 Å². The zero-order valence-corrected chi connectivity index (χ0v) is 35.1. The Kier molecular flexibility index (Phi) is 14.1. The molecule has 0 saturated heterocycles. The van der Waals surface area contributed by atoms with E-state index in [4.69, 9.17) is 9.47 Å². The van der Waals surface area contributed by atoms with Crippen LogP contribution in [-0.2, 0) is 62.7 Å². The van der Waals surface area contributed by atoms with Crippen LogP contribution in [-0.4, -0.2) is 105 Å². The Bertz CT molecular complexity index is 2470. The van der Waals surface area contributed by atoms with Crippen LogP contribution in [0.3, 0.4) is 0 Å². The molecule has 0 radical (unpaired) electrons. The van der Waals surface area contributed by atoms with E-state index >= 15 is 0 Å². The number of esters is 1. The molecule has 6 rings (SSSR count). The average molecular weight is 877 g/mol. The Morgan fingerprint density at radius 1 is 0.952 bits per heavy atom. The number of cyclic esters (lactones) is 1. The number of rotatable bonds is 18. The second kappa shape index (κ2) is 19.3. The number of aliphatic hydroxyl groups excluding tert-OH is 1. The summed E-state index contributed by atoms with van der Waals surface area (Å²) in [5, 5.41) is 36.0. The van der Waals surface area contributed by atoms with Gasteiger partial charge >= 0.3 is 11.9 Å². The summed E-state index contributed by atoms with van der Waals surface area (Å²) in [5.74, 6) is -4.83. The molecular formula is C42H49FN8O12. The molecule has 0 saturated carbocycles. The van der Waals surface area contributed by atoms with Crippen molar-refractivity contribution < 1.29 is 57.2 Å². The third-order valence-corrected chi connectivity index (χ3v) is 11.2. The predicted molar refractivity (Wildman–Crippen MR) is 220 cm³/mol. The SMILES string of the molecule is Cc1cc2c(CNC(=O)COCNC(=O)[C@H](C)NC(=O)C(C)NC(=O)[C@H](C)NC(=O)CCCCC[N+]3([O-])CC=CC3=O)c3c(nc2cc1F)-c1cc2c(c(=O)n1C3)COC(=O)C2O. The van der Waals surface area contributed by atoms with Crippen LogP contribution in [0.5, 0.6) is 0 Å². The van der Waals surface area contributed by atoms with E-state index < -0.39 is 95.0 Å². The number of carbonyl (C=O) groups is 7. The molecule has 6 N–H and O–H groups in total. The maximum absolute atomic E-state index is 14.7. The summed E-state index contributed by atoms with van der Waals surface area (Å²) in [6.45, 7) is 4.84. The summed E-state index contributed by atoms with van der Waals surface area (Å²) in [6.07, 6.45) is 2.74. The molecule has 0 spiro atoms. The van der Waals surface area contributed by atoms with Gasteiger partial charge in [-0.05, 0) is 76.3 Å². The minimum Gasteiger partial charge on any atom is -0.625 e. The first-order valence-electron chi connectivity index (χ1n) is 20.4. The van der Waals surface area contributed by atoms with Crippen molar-refractivity contribution in [1.29, 1.82) is 0 Å². The fourth-order valence-electron chi connectivity index (χ4n) is 7.47. The monoisotopic (exact) mass is 876 g/mol. The van der Waals surface area contributed by atoms with Crippen molar-refractivity contribution in [2.75, 3.05) is 26.4 Å². The molecule has 5 atom stereocenters. The summed E-state index contributed by atoms with van der Waals surface area (Å²) in [7, 11) is 0. The fraction of sp³-hybridized carbons (Fsp3) is 0.452. The van der Waals surface area contributed by atoms with Gasteiger partial charge in [0.2, 0.25) is 29.5 Å². The zero-order chi connectivity index (χ0) is 45.7. The van der Waals surface area contributed by atoms with Crippen molar-refractivity contribution in [3.8, 4) is 11.4 Å². The number of aryl methyl sites for hydroxylation is 1. The lowest BCUT2D eigenvalue weighted by atomic mass is 9.97. The van der Waals surface area contributed by atoms with Crippen LogP contribution in [0, 0.1) is 17.9 Å². The molecule has 3 unspecified atom stereocenters. The summed E-state index contributed by atoms with van der Waals surface area (Å²) in [4.78, 5) is 105. The van der Waals surface area contributed by atoms with Gasteiger partial charge in [-0.1, -0.05) is 0 Å². The van der Waals surface area contributed by atoms with Crippen LogP contribution in [0.2, 0.25) is 0 Å². The van der Waals surface area contributed by atoms with Gasteiger partial charge in [0, 0.05) is 41.6 Å². The summed E-state index contributed by atoms with van der Waals surface area (Å²) in [6, 6.07) is 1.21. The van der Waals surface area contributed by atoms with Crippen LogP contribution in [0.1, 0.15) is 80.4 Å². The average Bonchev–Trinajstić information content (AvgIpc) is 3.78. The molecule has 0 aliphatic carbocycles. The largest absolute Gasteiger partial charge is 0.625 e. The van der Waals surface area contributed by atoms with E-state index in [1.165, 1.54) is 43.5 Å². The van der Waals surface area contributed by atoms with E-state index in [0.717, 1.165) is 0 Å². The number of benzene rings is 1. The standard InChI is InChI=1S/C42H49FN8O12/c1-21-13-25-27(28-17-50-32(36(28)49-31(25)15-30(21)43)14-26-29(41(50)59)18-63-42(60)37(26)55)16-44-34(53)19-62-20-45-38(56)22(2)47-40(58)24(4)48-39(57)23(3)46-33(52)9-6-5-7-11-51(61)12-8-10-35(51)54/h8,10,13-15,22-24,37,55H,5-7,9,11-12,16-20H2,1-4H3,(H,44,53)(H,45,56)(H,46,52)(H,47,58)(H,48,57)/t22-,23-,24?,37?,51?/m0/s1. The Hall–Kier alpha value is -6.42. The Balaban J connectivity index is 0.932. The van der Waals surface area contributed by atoms with Gasteiger partial charge in [-0.3, -0.25) is 33.4 Å².